The molecule has 1 aromatic heterocycles. The Hall–Kier alpha value is -1.78. The van der Waals surface area contributed by atoms with E-state index in [1.807, 2.05) is 11.0 Å². The van der Waals surface area contributed by atoms with Crippen LogP contribution >= 0.6 is 0 Å². The molecule has 0 spiro atoms. The molecule has 2 fully saturated rings. The second-order valence-electron chi connectivity index (χ2n) is 4.96. The molecule has 1 aliphatic carbocycles. The van der Waals surface area contributed by atoms with Gasteiger partial charge in [0, 0.05) is 32.1 Å². The highest BCUT2D eigenvalue weighted by Gasteiger charge is 2.34. The molecule has 1 saturated carbocycles. The fourth-order valence-electron chi connectivity index (χ4n) is 2.31. The fourth-order valence-corrected chi connectivity index (χ4v) is 2.31. The Balaban J connectivity index is 1.59. The highest BCUT2D eigenvalue weighted by Crippen LogP contribution is 2.31. The van der Waals surface area contributed by atoms with Gasteiger partial charge in [0.2, 0.25) is 5.91 Å². The molecule has 2 aliphatic rings. The number of piperazine rings is 1. The molecule has 0 aromatic carbocycles. The van der Waals surface area contributed by atoms with Crippen molar-refractivity contribution in [3.63, 3.8) is 0 Å². The van der Waals surface area contributed by atoms with E-state index in [-0.39, 0.29) is 5.75 Å². The largest absolute Gasteiger partial charge is 0.506 e. The number of hydrogen-bond acceptors (Lipinski definition) is 4. The summed E-state index contributed by atoms with van der Waals surface area (Å²) in [5.74, 6) is 1.68. The number of aromatic hydroxyl groups is 1. The molecule has 96 valence electrons. The molecule has 5 heteroatoms. The Bertz CT molecular complexity index is 434. The highest BCUT2D eigenvalue weighted by molar-refractivity contribution is 5.81. The summed E-state index contributed by atoms with van der Waals surface area (Å²) in [6.45, 7) is 3.18. The number of nitrogens with zero attached hydrogens (tertiary/aromatic N) is 3. The minimum atomic E-state index is 0.182. The van der Waals surface area contributed by atoms with Crippen molar-refractivity contribution >= 4 is 11.7 Å². The van der Waals surface area contributed by atoms with Crippen molar-refractivity contribution in [2.24, 2.45) is 5.92 Å². The molecular weight excluding hydrogens is 230 g/mol. The second kappa shape index (κ2) is 4.48. The first-order valence-corrected chi connectivity index (χ1v) is 6.43. The van der Waals surface area contributed by atoms with E-state index < -0.39 is 0 Å². The third kappa shape index (κ3) is 2.25. The van der Waals surface area contributed by atoms with Crippen LogP contribution in [0, 0.1) is 5.92 Å². The first kappa shape index (κ1) is 11.3. The Morgan fingerprint density at radius 1 is 1.22 bits per heavy atom. The summed E-state index contributed by atoms with van der Waals surface area (Å²) in [4.78, 5) is 20.2. The van der Waals surface area contributed by atoms with E-state index >= 15 is 0 Å². The monoisotopic (exact) mass is 247 g/mol. The molecule has 3 rings (SSSR count). The lowest BCUT2D eigenvalue weighted by atomic mass is 10.2. The fraction of sp³-hybridized carbons (Fsp3) is 0.538. The molecule has 1 amide bonds. The summed E-state index contributed by atoms with van der Waals surface area (Å²) in [6, 6.07) is 3.46. The van der Waals surface area contributed by atoms with Crippen LogP contribution < -0.4 is 4.90 Å². The SMILES string of the molecule is O=C(C1CC1)N1CCN(c2ccc(O)cn2)CC1. The van der Waals surface area contributed by atoms with Gasteiger partial charge in [-0.05, 0) is 25.0 Å². The van der Waals surface area contributed by atoms with Gasteiger partial charge in [0.15, 0.2) is 0 Å². The van der Waals surface area contributed by atoms with Gasteiger partial charge in [-0.25, -0.2) is 4.98 Å². The zero-order valence-electron chi connectivity index (χ0n) is 10.2. The summed E-state index contributed by atoms with van der Waals surface area (Å²) in [6.07, 6.45) is 3.59. The molecule has 0 radical (unpaired) electrons. The van der Waals surface area contributed by atoms with E-state index in [0.29, 0.717) is 11.8 Å². The van der Waals surface area contributed by atoms with Gasteiger partial charge >= 0.3 is 0 Å². The first-order valence-electron chi connectivity index (χ1n) is 6.43. The Labute approximate surface area is 106 Å². The number of pyridine rings is 1. The van der Waals surface area contributed by atoms with Crippen LogP contribution in [0.1, 0.15) is 12.8 Å². The third-order valence-corrected chi connectivity index (χ3v) is 3.57. The number of anilines is 1. The van der Waals surface area contributed by atoms with Crippen LogP contribution in [0.2, 0.25) is 0 Å². The molecule has 1 aromatic rings. The molecule has 2 heterocycles. The number of carbonyl (C=O) groups excluding carboxylic acids is 1. The van der Waals surface area contributed by atoms with Gasteiger partial charge in [0.05, 0.1) is 6.20 Å². The quantitative estimate of drug-likeness (QED) is 0.841. The number of rotatable bonds is 2. The zero-order valence-corrected chi connectivity index (χ0v) is 10.2. The lowest BCUT2D eigenvalue weighted by Crippen LogP contribution is -2.49. The summed E-state index contributed by atoms with van der Waals surface area (Å²) in [7, 11) is 0. The van der Waals surface area contributed by atoms with E-state index in [9.17, 15) is 9.90 Å². The van der Waals surface area contributed by atoms with Gasteiger partial charge in [-0.2, -0.15) is 0 Å². The molecule has 18 heavy (non-hydrogen) atoms. The van der Waals surface area contributed by atoms with Crippen LogP contribution in [0.15, 0.2) is 18.3 Å². The van der Waals surface area contributed by atoms with Crippen LogP contribution in [0.3, 0.4) is 0 Å². The van der Waals surface area contributed by atoms with Crippen molar-refractivity contribution in [2.75, 3.05) is 31.1 Å². The van der Waals surface area contributed by atoms with Gasteiger partial charge in [0.1, 0.15) is 11.6 Å². The minimum absolute atomic E-state index is 0.182. The Morgan fingerprint density at radius 3 is 2.50 bits per heavy atom. The van der Waals surface area contributed by atoms with E-state index in [1.54, 1.807) is 6.07 Å². The molecule has 0 atom stereocenters. The molecular formula is C13H17N3O2. The third-order valence-electron chi connectivity index (χ3n) is 3.57. The number of aromatic nitrogens is 1. The number of amides is 1. The minimum Gasteiger partial charge on any atom is -0.506 e. The van der Waals surface area contributed by atoms with E-state index in [2.05, 4.69) is 9.88 Å². The normalized spacial score (nSPS) is 20.0. The van der Waals surface area contributed by atoms with Crippen molar-refractivity contribution < 1.29 is 9.90 Å². The highest BCUT2D eigenvalue weighted by atomic mass is 16.3. The topological polar surface area (TPSA) is 56.7 Å². The van der Waals surface area contributed by atoms with Crippen LogP contribution in [-0.2, 0) is 4.79 Å². The standard InChI is InChI=1S/C13H17N3O2/c17-11-3-4-12(14-9-11)15-5-7-16(8-6-15)13(18)10-1-2-10/h3-4,9-10,17H,1-2,5-8H2. The summed E-state index contributed by atoms with van der Waals surface area (Å²) >= 11 is 0. The molecule has 0 bridgehead atoms. The number of carbonyl (C=O) groups is 1. The van der Waals surface area contributed by atoms with E-state index in [0.717, 1.165) is 44.8 Å². The van der Waals surface area contributed by atoms with Crippen LogP contribution in [-0.4, -0.2) is 47.1 Å². The van der Waals surface area contributed by atoms with Crippen molar-refractivity contribution in [3.05, 3.63) is 18.3 Å². The van der Waals surface area contributed by atoms with Crippen molar-refractivity contribution in [1.29, 1.82) is 0 Å². The Morgan fingerprint density at radius 2 is 1.94 bits per heavy atom. The molecule has 1 saturated heterocycles. The van der Waals surface area contributed by atoms with Crippen molar-refractivity contribution in [3.8, 4) is 5.75 Å². The first-order chi connectivity index (χ1) is 8.74. The van der Waals surface area contributed by atoms with Gasteiger partial charge in [-0.15, -0.1) is 0 Å². The summed E-state index contributed by atoms with van der Waals surface area (Å²) in [5, 5.41) is 9.20. The molecule has 0 unspecified atom stereocenters. The lowest BCUT2D eigenvalue weighted by molar-refractivity contribution is -0.132. The smallest absolute Gasteiger partial charge is 0.225 e. The predicted octanol–water partition coefficient (Wildman–Crippen LogP) is 0.846. The molecule has 5 nitrogen and oxygen atoms in total. The lowest BCUT2D eigenvalue weighted by Gasteiger charge is -2.35. The molecule has 1 aliphatic heterocycles. The van der Waals surface area contributed by atoms with E-state index in [4.69, 9.17) is 0 Å². The maximum absolute atomic E-state index is 11.9. The molecule has 1 N–H and O–H groups in total. The van der Waals surface area contributed by atoms with Crippen molar-refractivity contribution in [2.45, 2.75) is 12.8 Å². The van der Waals surface area contributed by atoms with Gasteiger partial charge in [0.25, 0.3) is 0 Å². The maximum Gasteiger partial charge on any atom is 0.225 e. The van der Waals surface area contributed by atoms with E-state index in [1.165, 1.54) is 6.20 Å². The van der Waals surface area contributed by atoms with Gasteiger partial charge < -0.3 is 14.9 Å². The van der Waals surface area contributed by atoms with Gasteiger partial charge in [-0.1, -0.05) is 0 Å². The van der Waals surface area contributed by atoms with Crippen LogP contribution in [0.5, 0.6) is 5.75 Å². The summed E-state index contributed by atoms with van der Waals surface area (Å²) in [5.41, 5.74) is 0. The predicted molar refractivity (Wildman–Crippen MR) is 67.4 cm³/mol. The average molecular weight is 247 g/mol. The van der Waals surface area contributed by atoms with Crippen LogP contribution in [0.4, 0.5) is 5.82 Å². The van der Waals surface area contributed by atoms with Crippen molar-refractivity contribution in [1.82, 2.24) is 9.88 Å². The maximum atomic E-state index is 11.9. The Kier molecular flexibility index (Phi) is 2.81. The average Bonchev–Trinajstić information content (AvgIpc) is 3.23. The van der Waals surface area contributed by atoms with Crippen LogP contribution in [0.25, 0.3) is 0 Å². The second-order valence-corrected chi connectivity index (χ2v) is 4.96. The zero-order chi connectivity index (χ0) is 12.5. The summed E-state index contributed by atoms with van der Waals surface area (Å²) < 4.78 is 0. The number of hydrogen-bond donors (Lipinski definition) is 1. The van der Waals surface area contributed by atoms with Gasteiger partial charge in [-0.3, -0.25) is 4.79 Å².